The number of sulfonamides is 1. The molecule has 0 bridgehead atoms. The van der Waals surface area contributed by atoms with E-state index < -0.39 is 48.8 Å². The van der Waals surface area contributed by atoms with E-state index in [1.165, 1.54) is 0 Å². The number of carbonyl (C=O) groups is 1. The highest BCUT2D eigenvalue weighted by Crippen LogP contribution is 2.22. The van der Waals surface area contributed by atoms with Crippen molar-refractivity contribution >= 4 is 25.8 Å². The summed E-state index contributed by atoms with van der Waals surface area (Å²) in [6.07, 6.45) is 0.586. The van der Waals surface area contributed by atoms with Crippen LogP contribution in [-0.4, -0.2) is 51.7 Å². The van der Waals surface area contributed by atoms with E-state index in [0.717, 1.165) is 6.26 Å². The Kier molecular flexibility index (Phi) is 5.97. The van der Waals surface area contributed by atoms with Gasteiger partial charge in [-0.25, -0.2) is 21.6 Å². The highest BCUT2D eigenvalue weighted by atomic mass is 32.2. The van der Waals surface area contributed by atoms with Crippen molar-refractivity contribution < 1.29 is 26.7 Å². The Morgan fingerprint density at radius 3 is 1.95 bits per heavy atom. The standard InChI is InChI=1S/C10H21NO6S2/c1-10(2,3)8(7-9(12)13)11-19(16,17)6-5-18(4,14)15/h8,11H,5-7H2,1-4H3,(H,12,13). The largest absolute Gasteiger partial charge is 0.481 e. The predicted octanol–water partition coefficient (Wildman–Crippen LogP) is -0.160. The van der Waals surface area contributed by atoms with Gasteiger partial charge in [-0.05, 0) is 5.41 Å². The molecule has 0 saturated heterocycles. The summed E-state index contributed by atoms with van der Waals surface area (Å²) in [7, 11) is -7.22. The fourth-order valence-electron chi connectivity index (χ4n) is 1.24. The van der Waals surface area contributed by atoms with Crippen LogP contribution >= 0.6 is 0 Å². The van der Waals surface area contributed by atoms with Gasteiger partial charge in [0.25, 0.3) is 0 Å². The Bertz CT molecular complexity index is 515. The summed E-state index contributed by atoms with van der Waals surface area (Å²) < 4.78 is 47.7. The molecule has 2 N–H and O–H groups in total. The van der Waals surface area contributed by atoms with Gasteiger partial charge in [0, 0.05) is 12.3 Å². The van der Waals surface area contributed by atoms with Gasteiger partial charge in [-0.15, -0.1) is 0 Å². The van der Waals surface area contributed by atoms with E-state index in [0.29, 0.717) is 0 Å². The normalized spacial score (nSPS) is 15.2. The molecule has 0 aliphatic heterocycles. The second kappa shape index (κ2) is 6.19. The minimum atomic E-state index is -3.84. The van der Waals surface area contributed by atoms with Crippen molar-refractivity contribution in [1.82, 2.24) is 4.72 Å². The van der Waals surface area contributed by atoms with Crippen molar-refractivity contribution in [3.63, 3.8) is 0 Å². The highest BCUT2D eigenvalue weighted by molar-refractivity contribution is 7.93. The molecule has 0 radical (unpaired) electrons. The van der Waals surface area contributed by atoms with E-state index in [4.69, 9.17) is 5.11 Å². The molecule has 0 aromatic rings. The molecule has 19 heavy (non-hydrogen) atoms. The summed E-state index contributed by atoms with van der Waals surface area (Å²) in [4.78, 5) is 10.7. The van der Waals surface area contributed by atoms with Crippen LogP contribution in [0.3, 0.4) is 0 Å². The lowest BCUT2D eigenvalue weighted by Crippen LogP contribution is -2.46. The smallest absolute Gasteiger partial charge is 0.304 e. The van der Waals surface area contributed by atoms with Crippen LogP contribution < -0.4 is 4.72 Å². The third-order valence-electron chi connectivity index (χ3n) is 2.47. The summed E-state index contributed by atoms with van der Waals surface area (Å²) in [5.74, 6) is -2.18. The molecule has 0 aliphatic rings. The van der Waals surface area contributed by atoms with Crippen molar-refractivity contribution in [2.75, 3.05) is 17.8 Å². The molecular weight excluding hydrogens is 294 g/mol. The molecule has 0 spiro atoms. The van der Waals surface area contributed by atoms with Gasteiger partial charge in [-0.1, -0.05) is 20.8 Å². The van der Waals surface area contributed by atoms with Crippen LogP contribution in [-0.2, 0) is 24.7 Å². The molecule has 9 heteroatoms. The molecule has 0 aromatic heterocycles. The first-order valence-electron chi connectivity index (χ1n) is 5.62. The van der Waals surface area contributed by atoms with Gasteiger partial charge in [-0.3, -0.25) is 4.79 Å². The molecule has 0 saturated carbocycles. The van der Waals surface area contributed by atoms with Gasteiger partial charge in [-0.2, -0.15) is 0 Å². The van der Waals surface area contributed by atoms with Crippen LogP contribution in [0.15, 0.2) is 0 Å². The van der Waals surface area contributed by atoms with Crippen LogP contribution in [0.25, 0.3) is 0 Å². The zero-order chi connectivity index (χ0) is 15.5. The SMILES string of the molecule is CC(C)(C)C(CC(=O)O)NS(=O)(=O)CCS(C)(=O)=O. The number of nitrogens with one attached hydrogen (secondary N) is 1. The average molecular weight is 315 g/mol. The Morgan fingerprint density at radius 1 is 1.16 bits per heavy atom. The highest BCUT2D eigenvalue weighted by Gasteiger charge is 2.31. The summed E-state index contributed by atoms with van der Waals surface area (Å²) >= 11 is 0. The molecule has 0 amide bonds. The number of hydrogen-bond acceptors (Lipinski definition) is 5. The number of carboxylic acids is 1. The summed E-state index contributed by atoms with van der Waals surface area (Å²) in [5.41, 5.74) is -0.587. The fourth-order valence-corrected chi connectivity index (χ4v) is 4.31. The lowest BCUT2D eigenvalue weighted by molar-refractivity contribution is -0.138. The molecular formula is C10H21NO6S2. The second-order valence-corrected chi connectivity index (χ2v) is 9.72. The van der Waals surface area contributed by atoms with Crippen molar-refractivity contribution in [3.8, 4) is 0 Å². The van der Waals surface area contributed by atoms with Gasteiger partial charge in [0.2, 0.25) is 10.0 Å². The number of rotatable bonds is 7. The Balaban J connectivity index is 4.89. The van der Waals surface area contributed by atoms with Crippen molar-refractivity contribution in [2.45, 2.75) is 33.2 Å². The van der Waals surface area contributed by atoms with E-state index in [2.05, 4.69) is 4.72 Å². The molecule has 114 valence electrons. The first kappa shape index (κ1) is 18.3. The molecule has 0 rings (SSSR count). The molecule has 1 atom stereocenters. The molecule has 7 nitrogen and oxygen atoms in total. The number of hydrogen-bond donors (Lipinski definition) is 2. The van der Waals surface area contributed by atoms with E-state index >= 15 is 0 Å². The Hall–Kier alpha value is -0.670. The van der Waals surface area contributed by atoms with Crippen molar-refractivity contribution in [1.29, 1.82) is 0 Å². The van der Waals surface area contributed by atoms with E-state index in [-0.39, 0.29) is 6.42 Å². The average Bonchev–Trinajstić information content (AvgIpc) is 2.10. The zero-order valence-corrected chi connectivity index (χ0v) is 13.1. The first-order chi connectivity index (χ1) is 8.23. The summed E-state index contributed by atoms with van der Waals surface area (Å²) in [6.45, 7) is 5.12. The summed E-state index contributed by atoms with van der Waals surface area (Å²) in [6, 6.07) is -0.797. The van der Waals surface area contributed by atoms with Crippen LogP contribution in [0.4, 0.5) is 0 Å². The minimum absolute atomic E-state index is 0.360. The van der Waals surface area contributed by atoms with Crippen LogP contribution in [0.5, 0.6) is 0 Å². The van der Waals surface area contributed by atoms with Crippen molar-refractivity contribution in [2.24, 2.45) is 5.41 Å². The van der Waals surface area contributed by atoms with Crippen LogP contribution in [0.1, 0.15) is 27.2 Å². The minimum Gasteiger partial charge on any atom is -0.481 e. The Morgan fingerprint density at radius 2 is 1.63 bits per heavy atom. The number of carboxylic acid groups (broad SMARTS) is 1. The maximum Gasteiger partial charge on any atom is 0.304 e. The maximum atomic E-state index is 11.7. The third kappa shape index (κ3) is 8.95. The van der Waals surface area contributed by atoms with Gasteiger partial charge in [0.1, 0.15) is 9.84 Å². The number of sulfone groups is 1. The topological polar surface area (TPSA) is 118 Å². The lowest BCUT2D eigenvalue weighted by Gasteiger charge is -2.30. The van der Waals surface area contributed by atoms with Gasteiger partial charge in [0.15, 0.2) is 0 Å². The molecule has 1 unspecified atom stereocenters. The van der Waals surface area contributed by atoms with E-state index in [9.17, 15) is 21.6 Å². The third-order valence-corrected chi connectivity index (χ3v) is 5.06. The quantitative estimate of drug-likeness (QED) is 0.674. The molecule has 0 heterocycles. The van der Waals surface area contributed by atoms with Crippen LogP contribution in [0.2, 0.25) is 0 Å². The van der Waals surface area contributed by atoms with Crippen LogP contribution in [0, 0.1) is 5.41 Å². The fraction of sp³-hybridized carbons (Fsp3) is 0.900. The van der Waals surface area contributed by atoms with Gasteiger partial charge >= 0.3 is 5.97 Å². The maximum absolute atomic E-state index is 11.7. The van der Waals surface area contributed by atoms with Gasteiger partial charge < -0.3 is 5.11 Å². The Labute approximate surface area is 114 Å². The zero-order valence-electron chi connectivity index (χ0n) is 11.5. The van der Waals surface area contributed by atoms with E-state index in [1.807, 2.05) is 0 Å². The second-order valence-electron chi connectivity index (χ2n) is 5.58. The summed E-state index contributed by atoms with van der Waals surface area (Å²) in [5, 5.41) is 8.77. The van der Waals surface area contributed by atoms with Gasteiger partial charge in [0.05, 0.1) is 17.9 Å². The lowest BCUT2D eigenvalue weighted by atomic mass is 9.85. The molecule has 0 fully saturated rings. The van der Waals surface area contributed by atoms with E-state index in [1.54, 1.807) is 20.8 Å². The molecule has 0 aromatic carbocycles. The van der Waals surface area contributed by atoms with Crippen molar-refractivity contribution in [3.05, 3.63) is 0 Å². The molecule has 0 aliphatic carbocycles. The predicted molar refractivity (Wildman–Crippen MR) is 72.1 cm³/mol. The monoisotopic (exact) mass is 315 g/mol. The first-order valence-corrected chi connectivity index (χ1v) is 9.34. The number of aliphatic carboxylic acids is 1.